The van der Waals surface area contributed by atoms with E-state index in [0.29, 0.717) is 0 Å². The van der Waals surface area contributed by atoms with E-state index < -0.39 is 68.0 Å². The Morgan fingerprint density at radius 2 is 1.76 bits per heavy atom. The number of benzene rings is 2. The van der Waals surface area contributed by atoms with Crippen molar-refractivity contribution in [3.63, 3.8) is 0 Å². The number of amides is 1. The molecule has 1 amide bonds. The van der Waals surface area contributed by atoms with Crippen LogP contribution in [0.5, 0.6) is 5.75 Å². The van der Waals surface area contributed by atoms with Gasteiger partial charge in [-0.1, -0.05) is 18.0 Å². The van der Waals surface area contributed by atoms with Crippen LogP contribution in [0.25, 0.3) is 0 Å². The van der Waals surface area contributed by atoms with Gasteiger partial charge in [-0.15, -0.1) is 0 Å². The fourth-order valence-corrected chi connectivity index (χ4v) is 7.65. The highest BCUT2D eigenvalue weighted by atomic mass is 35.5. The number of carbonyl (C=O) groups excluding carboxylic acids is 1. The van der Waals surface area contributed by atoms with Gasteiger partial charge in [0, 0.05) is 17.5 Å². The van der Waals surface area contributed by atoms with Gasteiger partial charge in [-0.3, -0.25) is 4.79 Å². The molecule has 0 saturated heterocycles. The molecule has 1 fully saturated rings. The largest absolute Gasteiger partial charge is 0.490 e. The maximum absolute atomic E-state index is 15.2. The van der Waals surface area contributed by atoms with E-state index in [1.54, 1.807) is 5.32 Å². The van der Waals surface area contributed by atoms with Crippen molar-refractivity contribution in [1.82, 2.24) is 5.32 Å². The first kappa shape index (κ1) is 24.7. The SMILES string of the molecule is O=C(NC[C@@H]1CCC[C@@]2(S(=O)(=O)c3ccc(Cl)cc3)c3c(F)ccc(F)c3OCC12)C(F)(F)F. The zero-order valence-electron chi connectivity index (χ0n) is 17.5. The molecular formula is C22H19ClF5NO4S. The number of fused-ring (bicyclic) bond motifs is 3. The topological polar surface area (TPSA) is 72.5 Å². The average molecular weight is 524 g/mol. The standard InChI is InChI=1S/C22H19ClF5NO4S/c23-13-3-5-14(6-4-13)34(31,32)21-9-1-2-12(10-29-20(30)22(26,27)28)15(21)11-33-19-17(25)8-7-16(24)18(19)21/h3-8,12,15H,1-2,9-11H2,(H,29,30)/t12-,15?,21-/m0/s1. The van der Waals surface area contributed by atoms with Gasteiger partial charge in [-0.25, -0.2) is 17.2 Å². The molecule has 0 bridgehead atoms. The third-order valence-electron chi connectivity index (χ3n) is 6.57. The summed E-state index contributed by atoms with van der Waals surface area (Å²) in [7, 11) is -4.43. The van der Waals surface area contributed by atoms with Gasteiger partial charge < -0.3 is 10.1 Å². The number of carbonyl (C=O) groups is 1. The van der Waals surface area contributed by atoms with Gasteiger partial charge in [0.05, 0.1) is 17.1 Å². The molecule has 0 aromatic heterocycles. The number of hydrogen-bond acceptors (Lipinski definition) is 4. The summed E-state index contributed by atoms with van der Waals surface area (Å²) in [5, 5.41) is 2.05. The van der Waals surface area contributed by atoms with Gasteiger partial charge in [0.2, 0.25) is 0 Å². The normalized spacial score (nSPS) is 24.5. The summed E-state index contributed by atoms with van der Waals surface area (Å²) < 4.78 is 99.6. The quantitative estimate of drug-likeness (QED) is 0.586. The molecule has 1 aliphatic carbocycles. The number of halogens is 6. The van der Waals surface area contributed by atoms with Crippen molar-refractivity contribution in [1.29, 1.82) is 0 Å². The number of ether oxygens (including phenoxy) is 1. The summed E-state index contributed by atoms with van der Waals surface area (Å²) in [5.41, 5.74) is -0.481. The maximum Gasteiger partial charge on any atom is 0.471 e. The molecule has 5 nitrogen and oxygen atoms in total. The Labute approximate surface area is 197 Å². The lowest BCUT2D eigenvalue weighted by Crippen LogP contribution is -2.56. The van der Waals surface area contributed by atoms with Crippen LogP contribution in [0.3, 0.4) is 0 Å². The van der Waals surface area contributed by atoms with Gasteiger partial charge in [-0.2, -0.15) is 13.2 Å². The van der Waals surface area contributed by atoms with E-state index >= 15 is 4.39 Å². The molecule has 4 rings (SSSR count). The third-order valence-corrected chi connectivity index (χ3v) is 9.38. The highest BCUT2D eigenvalue weighted by Crippen LogP contribution is 2.58. The first-order valence-electron chi connectivity index (χ1n) is 10.4. The Hall–Kier alpha value is -2.40. The fraction of sp³-hybridized carbons (Fsp3) is 0.409. The smallest absolute Gasteiger partial charge is 0.471 e. The fourth-order valence-electron chi connectivity index (χ4n) is 5.08. The van der Waals surface area contributed by atoms with Crippen LogP contribution in [-0.2, 0) is 19.4 Å². The van der Waals surface area contributed by atoms with Gasteiger partial charge in [0.1, 0.15) is 10.6 Å². The predicted molar refractivity (Wildman–Crippen MR) is 112 cm³/mol. The van der Waals surface area contributed by atoms with E-state index in [0.717, 1.165) is 12.1 Å². The monoisotopic (exact) mass is 523 g/mol. The van der Waals surface area contributed by atoms with E-state index in [9.17, 15) is 30.8 Å². The van der Waals surface area contributed by atoms with E-state index in [1.807, 2.05) is 0 Å². The molecule has 2 aromatic rings. The van der Waals surface area contributed by atoms with Crippen molar-refractivity contribution in [3.8, 4) is 5.75 Å². The summed E-state index contributed by atoms with van der Waals surface area (Å²) in [4.78, 5) is 11.2. The van der Waals surface area contributed by atoms with Gasteiger partial charge in [0.15, 0.2) is 21.4 Å². The number of nitrogens with one attached hydrogen (secondary N) is 1. The first-order valence-corrected chi connectivity index (χ1v) is 12.2. The summed E-state index contributed by atoms with van der Waals surface area (Å²) in [6, 6.07) is 6.78. The maximum atomic E-state index is 15.2. The lowest BCUT2D eigenvalue weighted by molar-refractivity contribution is -0.174. The van der Waals surface area contributed by atoms with Gasteiger partial charge in [0.25, 0.3) is 0 Å². The molecule has 34 heavy (non-hydrogen) atoms. The molecule has 1 aliphatic heterocycles. The molecule has 1 saturated carbocycles. The van der Waals surface area contributed by atoms with Crippen LogP contribution >= 0.6 is 11.6 Å². The van der Waals surface area contributed by atoms with Gasteiger partial charge in [-0.05, 0) is 55.2 Å². The van der Waals surface area contributed by atoms with Crippen molar-refractivity contribution in [2.75, 3.05) is 13.2 Å². The summed E-state index contributed by atoms with van der Waals surface area (Å²) in [5.74, 6) is -6.52. The minimum atomic E-state index is -5.12. The van der Waals surface area contributed by atoms with E-state index in [-0.39, 0.29) is 35.8 Å². The van der Waals surface area contributed by atoms with Crippen LogP contribution in [0.1, 0.15) is 24.8 Å². The van der Waals surface area contributed by atoms with Crippen molar-refractivity contribution in [2.45, 2.75) is 35.1 Å². The average Bonchev–Trinajstić information content (AvgIpc) is 2.78. The number of alkyl halides is 3. The van der Waals surface area contributed by atoms with Crippen LogP contribution < -0.4 is 10.1 Å². The van der Waals surface area contributed by atoms with Crippen LogP contribution in [0.4, 0.5) is 22.0 Å². The molecule has 2 aliphatic rings. The molecule has 0 radical (unpaired) electrons. The lowest BCUT2D eigenvalue weighted by atomic mass is 9.67. The Morgan fingerprint density at radius 1 is 1.12 bits per heavy atom. The molecule has 1 heterocycles. The minimum absolute atomic E-state index is 0.108. The highest BCUT2D eigenvalue weighted by Gasteiger charge is 2.61. The van der Waals surface area contributed by atoms with Crippen molar-refractivity contribution in [2.24, 2.45) is 11.8 Å². The highest BCUT2D eigenvalue weighted by molar-refractivity contribution is 7.92. The molecule has 1 N–H and O–H groups in total. The second-order valence-electron chi connectivity index (χ2n) is 8.36. The Morgan fingerprint density at radius 3 is 2.41 bits per heavy atom. The molecule has 2 aromatic carbocycles. The van der Waals surface area contributed by atoms with Gasteiger partial charge >= 0.3 is 12.1 Å². The summed E-state index contributed by atoms with van der Waals surface area (Å²) in [6.45, 7) is -0.886. The zero-order valence-corrected chi connectivity index (χ0v) is 19.0. The van der Waals surface area contributed by atoms with Crippen LogP contribution in [0.2, 0.25) is 5.02 Å². The predicted octanol–water partition coefficient (Wildman–Crippen LogP) is 4.77. The Bertz CT molecular complexity index is 1220. The van der Waals surface area contributed by atoms with Crippen LogP contribution in [0, 0.1) is 23.5 Å². The third kappa shape index (κ3) is 3.92. The van der Waals surface area contributed by atoms with Crippen molar-refractivity contribution >= 4 is 27.3 Å². The Kier molecular flexibility index (Phi) is 6.30. The zero-order chi connectivity index (χ0) is 24.9. The van der Waals surface area contributed by atoms with Crippen LogP contribution in [-0.4, -0.2) is 33.7 Å². The number of hydrogen-bond donors (Lipinski definition) is 1. The molecular weight excluding hydrogens is 505 g/mol. The van der Waals surface area contributed by atoms with E-state index in [2.05, 4.69) is 0 Å². The summed E-state index contributed by atoms with van der Waals surface area (Å²) >= 11 is 5.88. The Balaban J connectivity index is 1.87. The first-order chi connectivity index (χ1) is 15.9. The number of sulfone groups is 1. The summed E-state index contributed by atoms with van der Waals surface area (Å²) in [6.07, 6.45) is -4.78. The van der Waals surface area contributed by atoms with E-state index in [1.165, 1.54) is 24.3 Å². The van der Waals surface area contributed by atoms with Crippen molar-refractivity contribution in [3.05, 3.63) is 58.6 Å². The molecule has 3 atom stereocenters. The second kappa shape index (κ2) is 8.67. The van der Waals surface area contributed by atoms with Crippen LogP contribution in [0.15, 0.2) is 41.3 Å². The van der Waals surface area contributed by atoms with Crippen molar-refractivity contribution < 1.29 is 39.9 Å². The minimum Gasteiger partial charge on any atom is -0.490 e. The number of rotatable bonds is 4. The van der Waals surface area contributed by atoms with E-state index in [4.69, 9.17) is 16.3 Å². The molecule has 12 heteroatoms. The molecule has 0 spiro atoms. The second-order valence-corrected chi connectivity index (χ2v) is 11.0. The molecule has 1 unspecified atom stereocenters. The molecule has 184 valence electrons. The lowest BCUT2D eigenvalue weighted by Gasteiger charge is -2.50.